The maximum atomic E-state index is 5.40. The molecule has 2 heteroatoms. The topological polar surface area (TPSA) is 9.23 Å². The van der Waals surface area contributed by atoms with E-state index in [0.717, 1.165) is 16.4 Å². The van der Waals surface area contributed by atoms with Crippen molar-refractivity contribution < 1.29 is 4.43 Å². The third-order valence-corrected chi connectivity index (χ3v) is 3.42. The summed E-state index contributed by atoms with van der Waals surface area (Å²) in [5.41, 5.74) is 0. The van der Waals surface area contributed by atoms with Gasteiger partial charge >= 0.3 is 0 Å². The lowest BCUT2D eigenvalue weighted by Gasteiger charge is -2.18. The molecule has 2 atom stereocenters. The molecule has 0 aromatic carbocycles. The van der Waals surface area contributed by atoms with E-state index < -0.39 is 0 Å². The highest BCUT2D eigenvalue weighted by Gasteiger charge is 2.09. The van der Waals surface area contributed by atoms with Crippen LogP contribution >= 0.6 is 0 Å². The first-order chi connectivity index (χ1) is 5.74. The van der Waals surface area contributed by atoms with E-state index in [9.17, 15) is 0 Å². The SMILES string of the molecule is CCCCC(CC)CC(C)O[SiH3]. The average Bonchev–Trinajstić information content (AvgIpc) is 2.11. The van der Waals surface area contributed by atoms with Gasteiger partial charge in [-0.25, -0.2) is 0 Å². The first-order valence-electron chi connectivity index (χ1n) is 5.27. The van der Waals surface area contributed by atoms with E-state index in [1.54, 1.807) is 0 Å². The number of rotatable bonds is 7. The Morgan fingerprint density at radius 2 is 2.00 bits per heavy atom. The molecule has 0 aliphatic rings. The van der Waals surface area contributed by atoms with E-state index in [0.29, 0.717) is 6.10 Å². The average molecular weight is 188 g/mol. The molecule has 0 rings (SSSR count). The van der Waals surface area contributed by atoms with Gasteiger partial charge in [-0.2, -0.15) is 0 Å². The van der Waals surface area contributed by atoms with E-state index in [1.165, 1.54) is 32.1 Å². The van der Waals surface area contributed by atoms with Crippen LogP contribution in [0.15, 0.2) is 0 Å². The fourth-order valence-corrected chi connectivity index (χ4v) is 1.74. The molecule has 0 aliphatic carbocycles. The van der Waals surface area contributed by atoms with Gasteiger partial charge < -0.3 is 4.43 Å². The van der Waals surface area contributed by atoms with E-state index in [-0.39, 0.29) is 0 Å². The molecule has 0 heterocycles. The fraction of sp³-hybridized carbons (Fsp3) is 1.00. The summed E-state index contributed by atoms with van der Waals surface area (Å²) < 4.78 is 5.40. The van der Waals surface area contributed by atoms with Crippen molar-refractivity contribution >= 4 is 10.5 Å². The quantitative estimate of drug-likeness (QED) is 0.557. The fourth-order valence-electron chi connectivity index (χ4n) is 1.55. The maximum absolute atomic E-state index is 5.40. The second-order valence-electron chi connectivity index (χ2n) is 3.70. The zero-order valence-corrected chi connectivity index (χ0v) is 11.1. The lowest BCUT2D eigenvalue weighted by atomic mass is 9.94. The summed E-state index contributed by atoms with van der Waals surface area (Å²) in [5.74, 6) is 0.897. The van der Waals surface area contributed by atoms with Gasteiger partial charge in [0.25, 0.3) is 0 Å². The van der Waals surface area contributed by atoms with Crippen molar-refractivity contribution in [3.05, 3.63) is 0 Å². The predicted molar refractivity (Wildman–Crippen MR) is 58.4 cm³/mol. The van der Waals surface area contributed by atoms with Gasteiger partial charge in [0, 0.05) is 6.10 Å². The molecule has 0 N–H and O–H groups in total. The predicted octanol–water partition coefficient (Wildman–Crippen LogP) is 2.28. The Morgan fingerprint density at radius 1 is 1.33 bits per heavy atom. The summed E-state index contributed by atoms with van der Waals surface area (Å²) in [7, 11) is 0.886. The second kappa shape index (κ2) is 7.81. The Labute approximate surface area is 80.4 Å². The molecule has 0 saturated heterocycles. The smallest absolute Gasteiger partial charge is 0.146 e. The van der Waals surface area contributed by atoms with Crippen LogP contribution in [0, 0.1) is 5.92 Å². The highest BCUT2D eigenvalue weighted by Crippen LogP contribution is 2.19. The largest absolute Gasteiger partial charge is 0.425 e. The molecule has 1 nitrogen and oxygen atoms in total. The monoisotopic (exact) mass is 188 g/mol. The summed E-state index contributed by atoms with van der Waals surface area (Å²) in [6.45, 7) is 6.75. The van der Waals surface area contributed by atoms with Crippen LogP contribution in [0.1, 0.15) is 52.9 Å². The van der Waals surface area contributed by atoms with Gasteiger partial charge in [-0.05, 0) is 19.3 Å². The molecule has 74 valence electrons. The van der Waals surface area contributed by atoms with E-state index in [1.807, 2.05) is 0 Å². The maximum Gasteiger partial charge on any atom is 0.146 e. The Balaban J connectivity index is 3.51. The van der Waals surface area contributed by atoms with Gasteiger partial charge in [-0.3, -0.25) is 0 Å². The van der Waals surface area contributed by atoms with Gasteiger partial charge in [0.2, 0.25) is 0 Å². The summed E-state index contributed by atoms with van der Waals surface area (Å²) in [4.78, 5) is 0. The lowest BCUT2D eigenvalue weighted by Crippen LogP contribution is -2.12. The summed E-state index contributed by atoms with van der Waals surface area (Å²) in [5, 5.41) is 0. The summed E-state index contributed by atoms with van der Waals surface area (Å²) >= 11 is 0. The molecule has 0 amide bonds. The molecule has 0 fully saturated rings. The third-order valence-electron chi connectivity index (χ3n) is 2.61. The van der Waals surface area contributed by atoms with Crippen molar-refractivity contribution in [2.45, 2.75) is 59.0 Å². The van der Waals surface area contributed by atoms with Crippen molar-refractivity contribution in [3.63, 3.8) is 0 Å². The molecule has 0 radical (unpaired) electrons. The van der Waals surface area contributed by atoms with E-state index in [4.69, 9.17) is 4.43 Å². The Hall–Kier alpha value is 0.177. The second-order valence-corrected chi connectivity index (χ2v) is 4.17. The Kier molecular flexibility index (Phi) is 7.92. The van der Waals surface area contributed by atoms with Crippen molar-refractivity contribution in [1.82, 2.24) is 0 Å². The molecule has 0 saturated carbocycles. The molecule has 0 spiro atoms. The van der Waals surface area contributed by atoms with Crippen molar-refractivity contribution in [1.29, 1.82) is 0 Å². The highest BCUT2D eigenvalue weighted by molar-refractivity contribution is 5.98. The number of hydrogen-bond acceptors (Lipinski definition) is 1. The molecular weight excluding hydrogens is 164 g/mol. The van der Waals surface area contributed by atoms with Crippen LogP contribution in [0.25, 0.3) is 0 Å². The van der Waals surface area contributed by atoms with Crippen LogP contribution in [0.3, 0.4) is 0 Å². The van der Waals surface area contributed by atoms with Gasteiger partial charge in [0.05, 0.1) is 0 Å². The molecule has 12 heavy (non-hydrogen) atoms. The van der Waals surface area contributed by atoms with Crippen molar-refractivity contribution in [2.75, 3.05) is 0 Å². The molecular formula is C10H24OSi. The van der Waals surface area contributed by atoms with Crippen LogP contribution in [0.2, 0.25) is 0 Å². The highest BCUT2D eigenvalue weighted by atomic mass is 28.2. The molecule has 0 aliphatic heterocycles. The Bertz CT molecular complexity index is 95.8. The number of unbranched alkanes of at least 4 members (excludes halogenated alkanes) is 1. The van der Waals surface area contributed by atoms with Crippen molar-refractivity contribution in [3.8, 4) is 0 Å². The summed E-state index contributed by atoms with van der Waals surface area (Å²) in [6, 6.07) is 0. The first-order valence-corrected chi connectivity index (χ1v) is 6.09. The molecule has 0 aromatic heterocycles. The first kappa shape index (κ1) is 12.2. The van der Waals surface area contributed by atoms with Gasteiger partial charge in [-0.15, -0.1) is 0 Å². The van der Waals surface area contributed by atoms with Crippen LogP contribution < -0.4 is 0 Å². The zero-order chi connectivity index (χ0) is 9.40. The van der Waals surface area contributed by atoms with E-state index in [2.05, 4.69) is 20.8 Å². The Morgan fingerprint density at radius 3 is 2.42 bits per heavy atom. The summed E-state index contributed by atoms with van der Waals surface area (Å²) in [6.07, 6.45) is 7.18. The molecule has 2 unspecified atom stereocenters. The lowest BCUT2D eigenvalue weighted by molar-refractivity contribution is 0.194. The van der Waals surface area contributed by atoms with Gasteiger partial charge in [0.15, 0.2) is 0 Å². The minimum absolute atomic E-state index is 0.499. The van der Waals surface area contributed by atoms with Crippen LogP contribution in [-0.2, 0) is 4.43 Å². The molecule has 0 aromatic rings. The van der Waals surface area contributed by atoms with Crippen LogP contribution in [-0.4, -0.2) is 16.6 Å². The van der Waals surface area contributed by atoms with Gasteiger partial charge in [0.1, 0.15) is 10.5 Å². The minimum atomic E-state index is 0.499. The van der Waals surface area contributed by atoms with Crippen molar-refractivity contribution in [2.24, 2.45) is 5.92 Å². The van der Waals surface area contributed by atoms with Crippen LogP contribution in [0.5, 0.6) is 0 Å². The standard InChI is InChI=1S/C10H24OSi/c1-4-6-7-10(5-2)8-9(3)11-12/h9-10H,4-8H2,1-3,12H3. The molecule has 0 bridgehead atoms. The van der Waals surface area contributed by atoms with E-state index >= 15 is 0 Å². The normalized spacial score (nSPS) is 16.2. The zero-order valence-electron chi connectivity index (χ0n) is 9.10. The van der Waals surface area contributed by atoms with Gasteiger partial charge in [-0.1, -0.05) is 39.5 Å². The van der Waals surface area contributed by atoms with Crippen LogP contribution in [0.4, 0.5) is 0 Å². The number of hydrogen-bond donors (Lipinski definition) is 0. The third kappa shape index (κ3) is 5.78. The minimum Gasteiger partial charge on any atom is -0.425 e.